The van der Waals surface area contributed by atoms with Crippen LogP contribution in [0.5, 0.6) is 0 Å². The summed E-state index contributed by atoms with van der Waals surface area (Å²) >= 11 is 13.2. The Balaban J connectivity index is 1.28. The number of benzene rings is 1. The van der Waals surface area contributed by atoms with Crippen LogP contribution in [0.4, 0.5) is 17.3 Å². The van der Waals surface area contributed by atoms with Crippen LogP contribution in [0.15, 0.2) is 24.5 Å². The normalized spacial score (nSPS) is 24.0. The minimum Gasteiger partial charge on any atom is -0.370 e. The summed E-state index contributed by atoms with van der Waals surface area (Å²) in [5.74, 6) is 0.508. The molecule has 6 rings (SSSR count). The minimum atomic E-state index is 0.393. The molecule has 0 bridgehead atoms. The van der Waals surface area contributed by atoms with E-state index in [9.17, 15) is 0 Å². The lowest BCUT2D eigenvalue weighted by Crippen LogP contribution is -2.29. The van der Waals surface area contributed by atoms with E-state index in [0.717, 1.165) is 53.2 Å². The largest absolute Gasteiger partial charge is 0.370 e. The molecule has 31 heavy (non-hydrogen) atoms. The van der Waals surface area contributed by atoms with Gasteiger partial charge < -0.3 is 15.1 Å². The molecule has 3 aliphatic rings. The van der Waals surface area contributed by atoms with Crippen molar-refractivity contribution < 1.29 is 0 Å². The summed E-state index contributed by atoms with van der Waals surface area (Å²) in [6, 6.07) is 4.49. The van der Waals surface area contributed by atoms with Crippen LogP contribution in [0.25, 0.3) is 10.9 Å². The summed E-state index contributed by atoms with van der Waals surface area (Å²) in [5, 5.41) is 9.91. The highest BCUT2D eigenvalue weighted by atomic mass is 35.5. The molecule has 7 nitrogen and oxygen atoms in total. The third-order valence-corrected chi connectivity index (χ3v) is 7.61. The average molecular weight is 458 g/mol. The summed E-state index contributed by atoms with van der Waals surface area (Å²) in [4.78, 5) is 14.1. The molecule has 2 aliphatic heterocycles. The molecule has 9 heteroatoms. The monoisotopic (exact) mass is 457 g/mol. The minimum absolute atomic E-state index is 0.393. The third kappa shape index (κ3) is 3.52. The first-order valence-corrected chi connectivity index (χ1v) is 11.7. The van der Waals surface area contributed by atoms with Crippen molar-refractivity contribution in [2.45, 2.75) is 31.7 Å². The van der Waals surface area contributed by atoms with Crippen LogP contribution in [0, 0.1) is 5.41 Å². The van der Waals surface area contributed by atoms with Crippen LogP contribution in [-0.2, 0) is 0 Å². The number of aromatic nitrogens is 4. The topological polar surface area (TPSA) is 62.1 Å². The van der Waals surface area contributed by atoms with Crippen LogP contribution >= 0.6 is 23.2 Å². The number of rotatable bonds is 4. The van der Waals surface area contributed by atoms with E-state index in [1.807, 2.05) is 10.7 Å². The van der Waals surface area contributed by atoms with Gasteiger partial charge in [-0.15, -0.1) is 0 Å². The fourth-order valence-electron chi connectivity index (χ4n) is 5.10. The fraction of sp³-hybridized carbons (Fsp3) is 0.500. The molecule has 1 aliphatic carbocycles. The molecule has 1 unspecified atom stereocenters. The van der Waals surface area contributed by atoms with Crippen molar-refractivity contribution in [1.82, 2.24) is 24.6 Å². The Morgan fingerprint density at radius 2 is 1.94 bits per heavy atom. The van der Waals surface area contributed by atoms with Gasteiger partial charge in [-0.3, -0.25) is 0 Å². The number of hydrogen-bond acceptors (Lipinski definition) is 6. The first-order chi connectivity index (χ1) is 15.0. The van der Waals surface area contributed by atoms with Crippen LogP contribution in [0.1, 0.15) is 31.7 Å². The van der Waals surface area contributed by atoms with Crippen molar-refractivity contribution in [3.63, 3.8) is 0 Å². The number of fused-ring (bicyclic) bond motifs is 1. The zero-order valence-corrected chi connectivity index (χ0v) is 19.0. The molecular formula is C22H25Cl2N7. The number of anilines is 3. The maximum Gasteiger partial charge on any atom is 0.227 e. The highest BCUT2D eigenvalue weighted by molar-refractivity contribution is 6.34. The zero-order valence-electron chi connectivity index (χ0n) is 17.5. The molecule has 2 saturated heterocycles. The van der Waals surface area contributed by atoms with Crippen molar-refractivity contribution in [1.29, 1.82) is 0 Å². The van der Waals surface area contributed by atoms with E-state index in [2.05, 4.69) is 38.3 Å². The first kappa shape index (κ1) is 19.6. The average Bonchev–Trinajstić information content (AvgIpc) is 3.27. The summed E-state index contributed by atoms with van der Waals surface area (Å²) in [5.41, 5.74) is 3.05. The lowest BCUT2D eigenvalue weighted by Gasteiger charge is -2.25. The molecule has 2 aromatic heterocycles. The fourth-order valence-corrected chi connectivity index (χ4v) is 5.67. The molecule has 1 aromatic carbocycles. The molecule has 1 atom stereocenters. The number of nitrogens with one attached hydrogen (secondary N) is 1. The summed E-state index contributed by atoms with van der Waals surface area (Å²) in [6.45, 7) is 4.43. The lowest BCUT2D eigenvalue weighted by atomic mass is 9.86. The van der Waals surface area contributed by atoms with Crippen molar-refractivity contribution in [3.05, 3.63) is 34.7 Å². The number of nitrogens with zero attached hydrogens (tertiary/aromatic N) is 6. The van der Waals surface area contributed by atoms with Gasteiger partial charge in [-0.05, 0) is 51.4 Å². The maximum absolute atomic E-state index is 6.68. The van der Waals surface area contributed by atoms with Gasteiger partial charge in [0.15, 0.2) is 5.15 Å². The van der Waals surface area contributed by atoms with Crippen LogP contribution in [-0.4, -0.2) is 57.9 Å². The molecule has 4 heterocycles. The maximum atomic E-state index is 6.68. The molecule has 0 amide bonds. The molecule has 3 fully saturated rings. The van der Waals surface area contributed by atoms with E-state index < -0.39 is 0 Å². The smallest absolute Gasteiger partial charge is 0.227 e. The van der Waals surface area contributed by atoms with Gasteiger partial charge in [-0.1, -0.05) is 23.2 Å². The van der Waals surface area contributed by atoms with E-state index >= 15 is 0 Å². The van der Waals surface area contributed by atoms with Crippen LogP contribution in [0.2, 0.25) is 10.2 Å². The molecule has 1 saturated carbocycles. The van der Waals surface area contributed by atoms with Gasteiger partial charge >= 0.3 is 0 Å². The summed E-state index contributed by atoms with van der Waals surface area (Å²) in [6.07, 6.45) is 8.28. The van der Waals surface area contributed by atoms with Gasteiger partial charge in [0.1, 0.15) is 0 Å². The standard InChI is InChI=1S/C22H25Cl2N7/c1-29-6-4-22(12-29)5-7-30(13-22)19-9-17-14(8-16(19)23)10-25-21(27-17)28-18-11-26-31(20(18)24)15-2-3-15/h8-11,15H,2-7,12-13H2,1H3,(H,25,27,28). The highest BCUT2D eigenvalue weighted by Gasteiger charge is 2.42. The summed E-state index contributed by atoms with van der Waals surface area (Å²) in [7, 11) is 2.21. The molecule has 1 spiro atoms. The SMILES string of the molecule is CN1CCC2(CCN(c3cc4nc(Nc5cnn(C6CC6)c5Cl)ncc4cc3Cl)C2)C1. The highest BCUT2D eigenvalue weighted by Crippen LogP contribution is 2.43. The number of hydrogen-bond donors (Lipinski definition) is 1. The van der Waals surface area contributed by atoms with E-state index in [1.54, 1.807) is 12.4 Å². The molecule has 0 radical (unpaired) electrons. The van der Waals surface area contributed by atoms with E-state index in [-0.39, 0.29) is 0 Å². The lowest BCUT2D eigenvalue weighted by molar-refractivity contribution is 0.312. The van der Waals surface area contributed by atoms with Crippen molar-refractivity contribution in [2.24, 2.45) is 5.41 Å². The Bertz CT molecular complexity index is 1160. The second-order valence-electron chi connectivity index (χ2n) is 9.37. The molecule has 162 valence electrons. The Hall–Kier alpha value is -2.09. The van der Waals surface area contributed by atoms with Crippen LogP contribution in [0.3, 0.4) is 0 Å². The Morgan fingerprint density at radius 1 is 1.10 bits per heavy atom. The van der Waals surface area contributed by atoms with Crippen molar-refractivity contribution >= 4 is 51.4 Å². The van der Waals surface area contributed by atoms with E-state index in [0.29, 0.717) is 22.6 Å². The number of halogens is 2. The molecular weight excluding hydrogens is 433 g/mol. The second-order valence-corrected chi connectivity index (χ2v) is 10.1. The van der Waals surface area contributed by atoms with Gasteiger partial charge in [-0.2, -0.15) is 5.10 Å². The van der Waals surface area contributed by atoms with Gasteiger partial charge in [0.2, 0.25) is 5.95 Å². The molecule has 1 N–H and O–H groups in total. The predicted octanol–water partition coefficient (Wildman–Crippen LogP) is 4.74. The second kappa shape index (κ2) is 7.22. The van der Waals surface area contributed by atoms with E-state index in [1.165, 1.54) is 25.9 Å². The Kier molecular flexibility index (Phi) is 4.56. The van der Waals surface area contributed by atoms with Gasteiger partial charge in [0.25, 0.3) is 0 Å². The third-order valence-electron chi connectivity index (χ3n) is 6.93. The van der Waals surface area contributed by atoms with Gasteiger partial charge in [0, 0.05) is 36.6 Å². The predicted molar refractivity (Wildman–Crippen MR) is 125 cm³/mol. The summed E-state index contributed by atoms with van der Waals surface area (Å²) < 4.78 is 1.87. The van der Waals surface area contributed by atoms with Crippen molar-refractivity contribution in [2.75, 3.05) is 43.4 Å². The Morgan fingerprint density at radius 3 is 2.71 bits per heavy atom. The molecule has 3 aromatic rings. The van der Waals surface area contributed by atoms with Crippen LogP contribution < -0.4 is 10.2 Å². The zero-order chi connectivity index (χ0) is 21.2. The quantitative estimate of drug-likeness (QED) is 0.609. The number of likely N-dealkylation sites (tertiary alicyclic amines) is 1. The van der Waals surface area contributed by atoms with Gasteiger partial charge in [0.05, 0.1) is 34.2 Å². The van der Waals surface area contributed by atoms with Crippen molar-refractivity contribution in [3.8, 4) is 0 Å². The van der Waals surface area contributed by atoms with Gasteiger partial charge in [-0.25, -0.2) is 14.6 Å². The first-order valence-electron chi connectivity index (χ1n) is 10.9. The van der Waals surface area contributed by atoms with E-state index in [4.69, 9.17) is 28.2 Å². The Labute approximate surface area is 191 Å².